The van der Waals surface area contributed by atoms with Gasteiger partial charge in [0.1, 0.15) is 11.6 Å². The lowest BCUT2D eigenvalue weighted by Gasteiger charge is -2.19. The Balaban J connectivity index is 1.74. The van der Waals surface area contributed by atoms with Crippen molar-refractivity contribution in [3.8, 4) is 0 Å². The monoisotopic (exact) mass is 347 g/mol. The summed E-state index contributed by atoms with van der Waals surface area (Å²) in [4.78, 5) is 37.6. The first-order valence-electron chi connectivity index (χ1n) is 8.39. The van der Waals surface area contributed by atoms with Crippen molar-refractivity contribution in [3.63, 3.8) is 0 Å². The lowest BCUT2D eigenvalue weighted by Crippen LogP contribution is -2.42. The van der Waals surface area contributed by atoms with E-state index in [1.807, 2.05) is 30.3 Å². The molecule has 1 fully saturated rings. The summed E-state index contributed by atoms with van der Waals surface area (Å²) in [6.45, 7) is 6.03. The Bertz CT molecular complexity index is 625. The molecule has 0 unspecified atom stereocenters. The minimum Gasteiger partial charge on any atom is -0.444 e. The zero-order chi connectivity index (χ0) is 18.4. The molecule has 1 aliphatic rings. The molecule has 1 heterocycles. The Morgan fingerprint density at radius 1 is 1.24 bits per heavy atom. The maximum atomic E-state index is 12.4. The number of anilines is 1. The number of carbonyl (C=O) groups excluding carboxylic acids is 3. The van der Waals surface area contributed by atoms with Crippen molar-refractivity contribution in [2.75, 3.05) is 18.0 Å². The van der Waals surface area contributed by atoms with E-state index in [9.17, 15) is 14.4 Å². The average Bonchev–Trinajstić information content (AvgIpc) is 2.87. The van der Waals surface area contributed by atoms with Gasteiger partial charge in [0.15, 0.2) is 0 Å². The van der Waals surface area contributed by atoms with Crippen molar-refractivity contribution in [1.29, 1.82) is 0 Å². The van der Waals surface area contributed by atoms with Gasteiger partial charge in [0.2, 0.25) is 11.8 Å². The number of hydrogen-bond acceptors (Lipinski definition) is 4. The number of alkyl carbamates (subject to hydrolysis) is 1. The Morgan fingerprint density at radius 2 is 1.92 bits per heavy atom. The van der Waals surface area contributed by atoms with Crippen LogP contribution in [0.3, 0.4) is 0 Å². The summed E-state index contributed by atoms with van der Waals surface area (Å²) in [6.07, 6.45) is 0.0975. The van der Waals surface area contributed by atoms with E-state index in [1.165, 1.54) is 0 Å². The van der Waals surface area contributed by atoms with Gasteiger partial charge in [-0.2, -0.15) is 0 Å². The van der Waals surface area contributed by atoms with E-state index in [-0.39, 0.29) is 24.8 Å². The van der Waals surface area contributed by atoms with E-state index in [1.54, 1.807) is 25.7 Å². The van der Waals surface area contributed by atoms with Crippen molar-refractivity contribution >= 4 is 23.6 Å². The molecule has 0 aliphatic carbocycles. The molecule has 1 atom stereocenters. The summed E-state index contributed by atoms with van der Waals surface area (Å²) in [6, 6.07) is 8.85. The quantitative estimate of drug-likeness (QED) is 0.850. The summed E-state index contributed by atoms with van der Waals surface area (Å²) in [5, 5.41) is 5.25. The van der Waals surface area contributed by atoms with Crippen LogP contribution in [0.2, 0.25) is 0 Å². The van der Waals surface area contributed by atoms with Crippen molar-refractivity contribution in [1.82, 2.24) is 10.6 Å². The molecule has 0 aromatic heterocycles. The van der Waals surface area contributed by atoms with Gasteiger partial charge in [0.05, 0.1) is 0 Å². The number of para-hydroxylation sites is 1. The molecular formula is C18H25N3O4. The van der Waals surface area contributed by atoms with Crippen LogP contribution in [0.5, 0.6) is 0 Å². The van der Waals surface area contributed by atoms with Crippen LogP contribution in [0.1, 0.15) is 33.6 Å². The van der Waals surface area contributed by atoms with Gasteiger partial charge in [-0.3, -0.25) is 9.59 Å². The predicted molar refractivity (Wildman–Crippen MR) is 94.2 cm³/mol. The molecule has 25 heavy (non-hydrogen) atoms. The van der Waals surface area contributed by atoms with Crippen molar-refractivity contribution in [2.45, 2.75) is 45.3 Å². The molecule has 0 spiro atoms. The molecule has 1 aromatic carbocycles. The summed E-state index contributed by atoms with van der Waals surface area (Å²) >= 11 is 0. The summed E-state index contributed by atoms with van der Waals surface area (Å²) in [5.41, 5.74) is 0.250. The third kappa shape index (κ3) is 5.77. The molecular weight excluding hydrogens is 322 g/mol. The number of nitrogens with zero attached hydrogens (tertiary/aromatic N) is 1. The normalized spacial score (nSPS) is 17.3. The van der Waals surface area contributed by atoms with Gasteiger partial charge in [0, 0.05) is 25.2 Å². The largest absolute Gasteiger partial charge is 0.444 e. The van der Waals surface area contributed by atoms with Crippen LogP contribution in [-0.4, -0.2) is 42.6 Å². The minimum absolute atomic E-state index is 0.0916. The van der Waals surface area contributed by atoms with E-state index in [0.29, 0.717) is 13.0 Å². The Morgan fingerprint density at radius 3 is 2.56 bits per heavy atom. The van der Waals surface area contributed by atoms with Gasteiger partial charge in [-0.05, 0) is 39.3 Å². The molecule has 0 bridgehead atoms. The van der Waals surface area contributed by atoms with Crippen molar-refractivity contribution in [3.05, 3.63) is 30.3 Å². The van der Waals surface area contributed by atoms with Crippen LogP contribution in [-0.2, 0) is 14.3 Å². The van der Waals surface area contributed by atoms with Crippen LogP contribution < -0.4 is 15.5 Å². The minimum atomic E-state index is -0.580. The third-order valence-electron chi connectivity index (χ3n) is 3.63. The Kier molecular flexibility index (Phi) is 6.01. The predicted octanol–water partition coefficient (Wildman–Crippen LogP) is 1.82. The lowest BCUT2D eigenvalue weighted by molar-refractivity contribution is -0.126. The zero-order valence-corrected chi connectivity index (χ0v) is 14.9. The second kappa shape index (κ2) is 8.00. The fourth-order valence-corrected chi connectivity index (χ4v) is 2.54. The number of amides is 3. The molecule has 136 valence electrons. The van der Waals surface area contributed by atoms with Gasteiger partial charge in [-0.25, -0.2) is 4.79 Å². The maximum Gasteiger partial charge on any atom is 0.407 e. The van der Waals surface area contributed by atoms with Gasteiger partial charge in [-0.1, -0.05) is 18.2 Å². The van der Waals surface area contributed by atoms with E-state index in [2.05, 4.69) is 10.6 Å². The smallest absolute Gasteiger partial charge is 0.407 e. The zero-order valence-electron chi connectivity index (χ0n) is 14.9. The number of ether oxygens (including phenoxy) is 1. The fraction of sp³-hybridized carbons (Fsp3) is 0.500. The van der Waals surface area contributed by atoms with Gasteiger partial charge >= 0.3 is 6.09 Å². The highest BCUT2D eigenvalue weighted by molar-refractivity contribution is 6.01. The topological polar surface area (TPSA) is 87.7 Å². The van der Waals surface area contributed by atoms with Gasteiger partial charge in [-0.15, -0.1) is 0 Å². The van der Waals surface area contributed by atoms with Crippen molar-refractivity contribution < 1.29 is 19.1 Å². The van der Waals surface area contributed by atoms with Gasteiger partial charge < -0.3 is 20.3 Å². The van der Waals surface area contributed by atoms with Crippen LogP contribution in [0.15, 0.2) is 30.3 Å². The summed E-state index contributed by atoms with van der Waals surface area (Å²) in [5.74, 6) is -0.385. The first kappa shape index (κ1) is 18.8. The van der Waals surface area contributed by atoms with Crippen molar-refractivity contribution in [2.24, 2.45) is 0 Å². The lowest BCUT2D eigenvalue weighted by atomic mass is 10.2. The number of benzene rings is 1. The first-order chi connectivity index (χ1) is 11.8. The summed E-state index contributed by atoms with van der Waals surface area (Å²) in [7, 11) is 0. The SMILES string of the molecule is CC(C)(C)OC(=O)NCCC(=O)N[C@H]1CCN(c2ccccc2)C1=O. The molecule has 2 N–H and O–H groups in total. The standard InChI is InChI=1S/C18H25N3O4/c1-18(2,3)25-17(24)19-11-9-15(22)20-14-10-12-21(16(14)23)13-7-5-4-6-8-13/h4-8,14H,9-12H2,1-3H3,(H,19,24)(H,20,22)/t14-/m0/s1. The van der Waals surface area contributed by atoms with Crippen LogP contribution in [0.4, 0.5) is 10.5 Å². The number of nitrogens with one attached hydrogen (secondary N) is 2. The highest BCUT2D eigenvalue weighted by Crippen LogP contribution is 2.21. The second-order valence-electron chi connectivity index (χ2n) is 6.91. The van der Waals surface area contributed by atoms with E-state index < -0.39 is 17.7 Å². The molecule has 3 amide bonds. The molecule has 1 saturated heterocycles. The number of hydrogen-bond donors (Lipinski definition) is 2. The summed E-state index contributed by atoms with van der Waals surface area (Å²) < 4.78 is 5.09. The molecule has 0 radical (unpaired) electrons. The Labute approximate surface area is 147 Å². The highest BCUT2D eigenvalue weighted by Gasteiger charge is 2.33. The number of rotatable bonds is 5. The van der Waals surface area contributed by atoms with Crippen LogP contribution in [0.25, 0.3) is 0 Å². The third-order valence-corrected chi connectivity index (χ3v) is 3.63. The Hall–Kier alpha value is -2.57. The molecule has 7 nitrogen and oxygen atoms in total. The highest BCUT2D eigenvalue weighted by atomic mass is 16.6. The maximum absolute atomic E-state index is 12.4. The molecule has 2 rings (SSSR count). The second-order valence-corrected chi connectivity index (χ2v) is 6.91. The molecule has 7 heteroatoms. The van der Waals surface area contributed by atoms with Gasteiger partial charge in [0.25, 0.3) is 0 Å². The van der Waals surface area contributed by atoms with E-state index in [4.69, 9.17) is 4.74 Å². The fourth-order valence-electron chi connectivity index (χ4n) is 2.54. The number of carbonyl (C=O) groups is 3. The molecule has 1 aromatic rings. The molecule has 0 saturated carbocycles. The first-order valence-corrected chi connectivity index (χ1v) is 8.39. The van der Waals surface area contributed by atoms with Crippen LogP contribution in [0, 0.1) is 0 Å². The van der Waals surface area contributed by atoms with E-state index in [0.717, 1.165) is 5.69 Å². The van der Waals surface area contributed by atoms with Crippen LogP contribution >= 0.6 is 0 Å². The average molecular weight is 347 g/mol. The van der Waals surface area contributed by atoms with E-state index >= 15 is 0 Å². The molecule has 1 aliphatic heterocycles.